The minimum absolute atomic E-state index is 0.0508. The molecular formula is C22H17F3N4O7. The summed E-state index contributed by atoms with van der Waals surface area (Å²) in [6.45, 7) is -1.53. The highest BCUT2D eigenvalue weighted by Crippen LogP contribution is 2.33. The number of hydrogen-bond donors (Lipinski definition) is 3. The molecule has 0 fully saturated rings. The van der Waals surface area contributed by atoms with Crippen LogP contribution in [0, 0.1) is 0 Å². The van der Waals surface area contributed by atoms with E-state index in [1.165, 1.54) is 17.2 Å². The molecule has 1 aliphatic rings. The molecule has 0 saturated heterocycles. The summed E-state index contributed by atoms with van der Waals surface area (Å²) >= 11 is 0. The molecule has 3 aromatic rings. The summed E-state index contributed by atoms with van der Waals surface area (Å²) in [5.74, 6) is -4.01. The number of pyridine rings is 1. The number of nitrogens with one attached hydrogen (secondary N) is 1. The standard InChI is InChI=1S/C22H17F3N4O7/c23-22(24,25)12-3-1-11(2-4-12)8-29-14-10-28(20(34)15-5-6-27-36-15)9-13(14)18(32)17(21(29)35)19(33)26-7-16(30)31/h1-6,32H,7-10H2,(H,26,33)(H,30,31). The Morgan fingerprint density at radius 2 is 1.81 bits per heavy atom. The van der Waals surface area contributed by atoms with Crippen LogP contribution < -0.4 is 10.9 Å². The summed E-state index contributed by atoms with van der Waals surface area (Å²) in [6.07, 6.45) is -3.31. The molecule has 0 bridgehead atoms. The van der Waals surface area contributed by atoms with E-state index in [-0.39, 0.29) is 42.2 Å². The maximum atomic E-state index is 13.3. The van der Waals surface area contributed by atoms with Gasteiger partial charge in [-0.1, -0.05) is 17.3 Å². The molecule has 4 rings (SSSR count). The van der Waals surface area contributed by atoms with Crippen LogP contribution in [-0.4, -0.2) is 49.2 Å². The van der Waals surface area contributed by atoms with Crippen LogP contribution in [-0.2, 0) is 30.6 Å². The van der Waals surface area contributed by atoms with Crippen LogP contribution in [0.2, 0.25) is 0 Å². The summed E-state index contributed by atoms with van der Waals surface area (Å²) in [4.78, 5) is 50.6. The normalized spacial score (nSPS) is 12.9. The van der Waals surface area contributed by atoms with E-state index in [0.29, 0.717) is 0 Å². The summed E-state index contributed by atoms with van der Waals surface area (Å²) in [6, 6.07) is 5.30. The van der Waals surface area contributed by atoms with Crippen molar-refractivity contribution in [3.63, 3.8) is 0 Å². The number of aliphatic carboxylic acids is 1. The molecule has 3 heterocycles. The van der Waals surface area contributed by atoms with E-state index in [1.54, 1.807) is 0 Å². The predicted octanol–water partition coefficient (Wildman–Crippen LogP) is 1.58. The summed E-state index contributed by atoms with van der Waals surface area (Å²) in [7, 11) is 0. The third-order valence-corrected chi connectivity index (χ3v) is 5.53. The first-order valence-corrected chi connectivity index (χ1v) is 10.3. The lowest BCUT2D eigenvalue weighted by Crippen LogP contribution is -2.37. The lowest BCUT2D eigenvalue weighted by molar-refractivity contribution is -0.138. The third kappa shape index (κ3) is 4.64. The van der Waals surface area contributed by atoms with Gasteiger partial charge in [0.2, 0.25) is 5.76 Å². The fraction of sp³-hybridized carbons (Fsp3) is 0.227. The molecule has 0 aliphatic carbocycles. The minimum Gasteiger partial charge on any atom is -0.506 e. The van der Waals surface area contributed by atoms with Gasteiger partial charge in [0.05, 0.1) is 31.4 Å². The maximum Gasteiger partial charge on any atom is 0.416 e. The van der Waals surface area contributed by atoms with Gasteiger partial charge in [0.25, 0.3) is 17.4 Å². The highest BCUT2D eigenvalue weighted by Gasteiger charge is 2.35. The number of hydrogen-bond acceptors (Lipinski definition) is 7. The third-order valence-electron chi connectivity index (χ3n) is 5.53. The number of aromatic hydroxyl groups is 1. The predicted molar refractivity (Wildman–Crippen MR) is 113 cm³/mol. The van der Waals surface area contributed by atoms with Gasteiger partial charge in [0.1, 0.15) is 17.9 Å². The molecule has 0 unspecified atom stereocenters. The minimum atomic E-state index is -4.56. The van der Waals surface area contributed by atoms with E-state index in [1.807, 2.05) is 5.32 Å². The Bertz CT molecular complexity index is 1400. The first kappa shape index (κ1) is 24.5. The van der Waals surface area contributed by atoms with Gasteiger partial charge in [0, 0.05) is 17.3 Å². The number of rotatable bonds is 6. The fourth-order valence-electron chi connectivity index (χ4n) is 3.81. The van der Waals surface area contributed by atoms with Crippen molar-refractivity contribution in [3.8, 4) is 5.75 Å². The van der Waals surface area contributed by atoms with Crippen molar-refractivity contribution >= 4 is 17.8 Å². The topological polar surface area (TPSA) is 155 Å². The van der Waals surface area contributed by atoms with Gasteiger partial charge in [-0.3, -0.25) is 19.2 Å². The highest BCUT2D eigenvalue weighted by molar-refractivity contribution is 5.98. The molecule has 0 radical (unpaired) electrons. The monoisotopic (exact) mass is 506 g/mol. The number of benzene rings is 1. The van der Waals surface area contributed by atoms with E-state index >= 15 is 0 Å². The van der Waals surface area contributed by atoms with Gasteiger partial charge in [0.15, 0.2) is 0 Å². The molecule has 0 spiro atoms. The Morgan fingerprint density at radius 1 is 1.11 bits per heavy atom. The molecular weight excluding hydrogens is 489 g/mol. The SMILES string of the molecule is O=C(O)CNC(=O)c1c(O)c2c(n(Cc3ccc(C(F)(F)F)cc3)c1=O)CN(C(=O)c1ccno1)C2. The molecule has 2 amide bonds. The molecule has 11 nitrogen and oxygen atoms in total. The number of fused-ring (bicyclic) bond motifs is 1. The van der Waals surface area contributed by atoms with E-state index in [9.17, 15) is 37.5 Å². The van der Waals surface area contributed by atoms with Crippen molar-refractivity contribution in [2.24, 2.45) is 0 Å². The van der Waals surface area contributed by atoms with Gasteiger partial charge < -0.3 is 29.5 Å². The lowest BCUT2D eigenvalue weighted by Gasteiger charge is -2.16. The molecule has 2 aromatic heterocycles. The molecule has 0 saturated carbocycles. The Hall–Kier alpha value is -4.62. The molecule has 14 heteroatoms. The van der Waals surface area contributed by atoms with Crippen molar-refractivity contribution in [1.82, 2.24) is 19.9 Å². The summed E-state index contributed by atoms with van der Waals surface area (Å²) in [5.41, 5.74) is -2.18. The van der Waals surface area contributed by atoms with Crippen molar-refractivity contribution in [3.05, 3.63) is 80.6 Å². The van der Waals surface area contributed by atoms with Gasteiger partial charge in [-0.25, -0.2) is 0 Å². The second kappa shape index (κ2) is 9.20. The van der Waals surface area contributed by atoms with Crippen LogP contribution in [0.3, 0.4) is 0 Å². The largest absolute Gasteiger partial charge is 0.506 e. The first-order chi connectivity index (χ1) is 17.0. The highest BCUT2D eigenvalue weighted by atomic mass is 19.4. The number of amides is 2. The average molecular weight is 506 g/mol. The zero-order valence-electron chi connectivity index (χ0n) is 18.2. The van der Waals surface area contributed by atoms with E-state index in [4.69, 9.17) is 9.63 Å². The number of alkyl halides is 3. The van der Waals surface area contributed by atoms with Crippen LogP contribution in [0.25, 0.3) is 0 Å². The van der Waals surface area contributed by atoms with Crippen LogP contribution in [0.5, 0.6) is 5.75 Å². The smallest absolute Gasteiger partial charge is 0.416 e. The first-order valence-electron chi connectivity index (χ1n) is 10.3. The molecule has 0 atom stereocenters. The molecule has 3 N–H and O–H groups in total. The Kier molecular flexibility index (Phi) is 6.26. The van der Waals surface area contributed by atoms with Gasteiger partial charge in [-0.15, -0.1) is 0 Å². The second-order valence-electron chi connectivity index (χ2n) is 7.85. The Morgan fingerprint density at radius 3 is 2.39 bits per heavy atom. The van der Waals surface area contributed by atoms with Crippen LogP contribution in [0.4, 0.5) is 13.2 Å². The number of carboxylic acid groups (broad SMARTS) is 1. The summed E-state index contributed by atoms with van der Waals surface area (Å²) in [5, 5.41) is 25.0. The molecule has 36 heavy (non-hydrogen) atoms. The van der Waals surface area contributed by atoms with Crippen LogP contribution in [0.1, 0.15) is 43.3 Å². The average Bonchev–Trinajstić information content (AvgIpc) is 3.50. The van der Waals surface area contributed by atoms with Crippen LogP contribution >= 0.6 is 0 Å². The number of carbonyl (C=O) groups excluding carboxylic acids is 2. The van der Waals surface area contributed by atoms with Gasteiger partial charge >= 0.3 is 12.1 Å². The van der Waals surface area contributed by atoms with Crippen molar-refractivity contribution in [1.29, 1.82) is 0 Å². The molecule has 1 aliphatic heterocycles. The van der Waals surface area contributed by atoms with Crippen molar-refractivity contribution in [2.45, 2.75) is 25.8 Å². The number of carbonyl (C=O) groups is 3. The zero-order valence-corrected chi connectivity index (χ0v) is 18.2. The molecule has 188 valence electrons. The van der Waals surface area contributed by atoms with Crippen molar-refractivity contribution in [2.75, 3.05) is 6.54 Å². The quantitative estimate of drug-likeness (QED) is 0.455. The van der Waals surface area contributed by atoms with Gasteiger partial charge in [-0.2, -0.15) is 13.2 Å². The van der Waals surface area contributed by atoms with E-state index in [2.05, 4.69) is 5.16 Å². The number of halogens is 3. The number of nitrogens with zero attached hydrogens (tertiary/aromatic N) is 3. The summed E-state index contributed by atoms with van der Waals surface area (Å²) < 4.78 is 44.7. The zero-order chi connectivity index (χ0) is 26.2. The van der Waals surface area contributed by atoms with Gasteiger partial charge in [-0.05, 0) is 17.7 Å². The fourth-order valence-corrected chi connectivity index (χ4v) is 3.81. The molecule has 1 aromatic carbocycles. The number of carboxylic acids is 1. The maximum absolute atomic E-state index is 13.3. The van der Waals surface area contributed by atoms with E-state index < -0.39 is 52.9 Å². The van der Waals surface area contributed by atoms with E-state index in [0.717, 1.165) is 28.8 Å². The second-order valence-corrected chi connectivity index (χ2v) is 7.85. The number of aromatic nitrogens is 2. The lowest BCUT2D eigenvalue weighted by atomic mass is 10.1. The van der Waals surface area contributed by atoms with Crippen LogP contribution in [0.15, 0.2) is 45.8 Å². The Labute approximate surface area is 199 Å². The Balaban J connectivity index is 1.77. The van der Waals surface area contributed by atoms with Crippen molar-refractivity contribution < 1.29 is 42.3 Å².